The second-order valence-corrected chi connectivity index (χ2v) is 5.28. The summed E-state index contributed by atoms with van der Waals surface area (Å²) in [6.45, 7) is 5.13. The lowest BCUT2D eigenvalue weighted by molar-refractivity contribution is 0.0937. The van der Waals surface area contributed by atoms with Gasteiger partial charge in [0, 0.05) is 23.3 Å². The number of nitrogens with one attached hydrogen (secondary N) is 2. The molecule has 0 aromatic carbocycles. The van der Waals surface area contributed by atoms with Crippen LogP contribution in [0.1, 0.15) is 30.3 Å². The number of halogens is 1. The summed E-state index contributed by atoms with van der Waals surface area (Å²) < 4.78 is 0.902. The normalized spacial score (nSPS) is 20.7. The average Bonchev–Trinajstić information content (AvgIpc) is 2.94. The van der Waals surface area contributed by atoms with Gasteiger partial charge in [0.15, 0.2) is 0 Å². The first-order valence-corrected chi connectivity index (χ1v) is 6.86. The van der Waals surface area contributed by atoms with E-state index in [1.807, 2.05) is 0 Å². The summed E-state index contributed by atoms with van der Waals surface area (Å²) in [5.74, 6) is -0.0290. The van der Waals surface area contributed by atoms with Gasteiger partial charge in [-0.15, -0.1) is 0 Å². The number of carbonyl (C=O) groups is 1. The largest absolute Gasteiger partial charge is 0.356 e. The van der Waals surface area contributed by atoms with Gasteiger partial charge in [-0.25, -0.2) is 0 Å². The summed E-state index contributed by atoms with van der Waals surface area (Å²) in [7, 11) is 0. The van der Waals surface area contributed by atoms with E-state index in [1.54, 1.807) is 12.3 Å². The van der Waals surface area contributed by atoms with Crippen LogP contribution in [0.3, 0.4) is 0 Å². The zero-order valence-electron chi connectivity index (χ0n) is 10.0. The number of aromatic nitrogens is 1. The van der Waals surface area contributed by atoms with Crippen LogP contribution >= 0.6 is 15.9 Å². The predicted molar refractivity (Wildman–Crippen MR) is 71.1 cm³/mol. The molecule has 1 saturated heterocycles. The number of hydrogen-bond acceptors (Lipinski definition) is 2. The van der Waals surface area contributed by atoms with Crippen molar-refractivity contribution in [2.45, 2.75) is 25.8 Å². The molecule has 2 rings (SSSR count). The maximum atomic E-state index is 11.8. The maximum Gasteiger partial charge on any atom is 0.267 e. The summed E-state index contributed by atoms with van der Waals surface area (Å²) in [6, 6.07) is 2.30. The summed E-state index contributed by atoms with van der Waals surface area (Å²) in [4.78, 5) is 17.2. The molecular formula is C12H18BrN3O. The Morgan fingerprint density at radius 3 is 3.18 bits per heavy atom. The molecule has 0 saturated carbocycles. The number of nitrogens with zero attached hydrogens (tertiary/aromatic N) is 1. The van der Waals surface area contributed by atoms with Crippen molar-refractivity contribution >= 4 is 21.8 Å². The standard InChI is InChI=1S/C12H18BrN3O/c1-2-16-5-3-4-10(16)8-15-12(17)11-6-9(13)7-14-11/h6-7,10,14H,2-5,8H2,1H3,(H,15,17). The number of likely N-dealkylation sites (tertiary alicyclic amines) is 1. The Bertz CT molecular complexity index is 391. The Kier molecular flexibility index (Phi) is 4.23. The minimum Gasteiger partial charge on any atom is -0.356 e. The van der Waals surface area contributed by atoms with E-state index in [-0.39, 0.29) is 5.91 Å². The summed E-state index contributed by atoms with van der Waals surface area (Å²) in [5, 5.41) is 2.99. The molecule has 1 aromatic rings. The summed E-state index contributed by atoms with van der Waals surface area (Å²) in [5.41, 5.74) is 0.609. The number of aromatic amines is 1. The minimum absolute atomic E-state index is 0.0290. The third kappa shape index (κ3) is 3.10. The third-order valence-corrected chi connectivity index (χ3v) is 3.75. The number of amides is 1. The third-order valence-electron chi connectivity index (χ3n) is 3.30. The molecular weight excluding hydrogens is 282 g/mol. The van der Waals surface area contributed by atoms with E-state index < -0.39 is 0 Å². The molecule has 2 N–H and O–H groups in total. The van der Waals surface area contributed by atoms with Crippen LogP contribution in [0.4, 0.5) is 0 Å². The highest BCUT2D eigenvalue weighted by Crippen LogP contribution is 2.16. The van der Waals surface area contributed by atoms with Crippen molar-refractivity contribution in [3.8, 4) is 0 Å². The molecule has 4 nitrogen and oxygen atoms in total. The van der Waals surface area contributed by atoms with Crippen LogP contribution in [0.5, 0.6) is 0 Å². The molecule has 17 heavy (non-hydrogen) atoms. The van der Waals surface area contributed by atoms with Gasteiger partial charge in [-0.2, -0.15) is 0 Å². The van der Waals surface area contributed by atoms with Gasteiger partial charge in [0.05, 0.1) is 0 Å². The number of rotatable bonds is 4. The quantitative estimate of drug-likeness (QED) is 0.893. The highest BCUT2D eigenvalue weighted by Gasteiger charge is 2.23. The van der Waals surface area contributed by atoms with E-state index in [1.165, 1.54) is 12.8 Å². The van der Waals surface area contributed by atoms with Crippen molar-refractivity contribution in [1.82, 2.24) is 15.2 Å². The van der Waals surface area contributed by atoms with Gasteiger partial charge in [0.2, 0.25) is 0 Å². The van der Waals surface area contributed by atoms with Crippen LogP contribution in [-0.2, 0) is 0 Å². The Balaban J connectivity index is 1.84. The lowest BCUT2D eigenvalue weighted by Gasteiger charge is -2.22. The van der Waals surface area contributed by atoms with Gasteiger partial charge in [-0.3, -0.25) is 9.69 Å². The van der Waals surface area contributed by atoms with Gasteiger partial charge >= 0.3 is 0 Å². The number of H-pyrrole nitrogens is 1. The zero-order chi connectivity index (χ0) is 12.3. The Labute approximate surface area is 110 Å². The molecule has 1 unspecified atom stereocenters. The topological polar surface area (TPSA) is 48.1 Å². The van der Waals surface area contributed by atoms with Gasteiger partial charge in [0.25, 0.3) is 5.91 Å². The van der Waals surface area contributed by atoms with Gasteiger partial charge in [-0.05, 0) is 47.9 Å². The van der Waals surface area contributed by atoms with Crippen molar-refractivity contribution < 1.29 is 4.79 Å². The van der Waals surface area contributed by atoms with Gasteiger partial charge in [-0.1, -0.05) is 6.92 Å². The fourth-order valence-corrected chi connectivity index (χ4v) is 2.69. The Morgan fingerprint density at radius 1 is 1.71 bits per heavy atom. The van der Waals surface area contributed by atoms with Gasteiger partial charge < -0.3 is 10.3 Å². The Morgan fingerprint density at radius 2 is 2.53 bits per heavy atom. The van der Waals surface area contributed by atoms with Crippen LogP contribution < -0.4 is 5.32 Å². The molecule has 1 aliphatic heterocycles. The van der Waals surface area contributed by atoms with Crippen molar-refractivity contribution in [1.29, 1.82) is 0 Å². The summed E-state index contributed by atoms with van der Waals surface area (Å²) in [6.07, 6.45) is 4.19. The minimum atomic E-state index is -0.0290. The molecule has 1 fully saturated rings. The fraction of sp³-hybridized carbons (Fsp3) is 0.583. The molecule has 1 atom stereocenters. The lowest BCUT2D eigenvalue weighted by Crippen LogP contribution is -2.40. The maximum absolute atomic E-state index is 11.8. The van der Waals surface area contributed by atoms with E-state index >= 15 is 0 Å². The van der Waals surface area contributed by atoms with E-state index in [0.29, 0.717) is 11.7 Å². The highest BCUT2D eigenvalue weighted by molar-refractivity contribution is 9.10. The monoisotopic (exact) mass is 299 g/mol. The first-order chi connectivity index (χ1) is 8.20. The van der Waals surface area contributed by atoms with Crippen molar-refractivity contribution in [3.05, 3.63) is 22.4 Å². The van der Waals surface area contributed by atoms with Crippen molar-refractivity contribution in [2.24, 2.45) is 0 Å². The first-order valence-electron chi connectivity index (χ1n) is 6.07. The van der Waals surface area contributed by atoms with E-state index in [0.717, 1.165) is 24.1 Å². The molecule has 1 aromatic heterocycles. The van der Waals surface area contributed by atoms with Crippen molar-refractivity contribution in [3.63, 3.8) is 0 Å². The molecule has 1 amide bonds. The van der Waals surface area contributed by atoms with Crippen LogP contribution in [0.25, 0.3) is 0 Å². The second kappa shape index (κ2) is 5.69. The molecule has 0 spiro atoms. The summed E-state index contributed by atoms with van der Waals surface area (Å²) >= 11 is 3.32. The number of likely N-dealkylation sites (N-methyl/N-ethyl adjacent to an activating group) is 1. The molecule has 94 valence electrons. The number of carbonyl (C=O) groups excluding carboxylic acids is 1. The smallest absolute Gasteiger partial charge is 0.267 e. The lowest BCUT2D eigenvalue weighted by atomic mass is 10.2. The van der Waals surface area contributed by atoms with Crippen LogP contribution in [0, 0.1) is 0 Å². The highest BCUT2D eigenvalue weighted by atomic mass is 79.9. The predicted octanol–water partition coefficient (Wildman–Crippen LogP) is 1.99. The molecule has 2 heterocycles. The molecule has 0 radical (unpaired) electrons. The average molecular weight is 300 g/mol. The molecule has 0 bridgehead atoms. The van der Waals surface area contributed by atoms with Crippen molar-refractivity contribution in [2.75, 3.05) is 19.6 Å². The SMILES string of the molecule is CCN1CCCC1CNC(=O)c1cc(Br)c[nH]1. The van der Waals surface area contributed by atoms with Crippen LogP contribution in [0.15, 0.2) is 16.7 Å². The first kappa shape index (κ1) is 12.6. The van der Waals surface area contributed by atoms with E-state index in [9.17, 15) is 4.79 Å². The molecule has 0 aliphatic carbocycles. The molecule has 5 heteroatoms. The van der Waals surface area contributed by atoms with E-state index in [4.69, 9.17) is 0 Å². The van der Waals surface area contributed by atoms with Crippen LogP contribution in [0.2, 0.25) is 0 Å². The van der Waals surface area contributed by atoms with E-state index in [2.05, 4.69) is 38.1 Å². The molecule has 1 aliphatic rings. The Hall–Kier alpha value is -0.810. The fourth-order valence-electron chi connectivity index (χ4n) is 2.35. The van der Waals surface area contributed by atoms with Crippen LogP contribution in [-0.4, -0.2) is 41.5 Å². The zero-order valence-corrected chi connectivity index (χ0v) is 11.6. The number of hydrogen-bond donors (Lipinski definition) is 2. The second-order valence-electron chi connectivity index (χ2n) is 4.37. The van der Waals surface area contributed by atoms with Gasteiger partial charge in [0.1, 0.15) is 5.69 Å².